The van der Waals surface area contributed by atoms with Gasteiger partial charge in [0, 0.05) is 0 Å². The van der Waals surface area contributed by atoms with Crippen molar-refractivity contribution in [1.82, 2.24) is 0 Å². The summed E-state index contributed by atoms with van der Waals surface area (Å²) in [5.41, 5.74) is 2.78. The lowest BCUT2D eigenvalue weighted by molar-refractivity contribution is 1.64. The molecule has 0 nitrogen and oxygen atoms in total. The summed E-state index contributed by atoms with van der Waals surface area (Å²) >= 11 is 0. The molecular formula is C40H42Si4. The van der Waals surface area contributed by atoms with Gasteiger partial charge >= 0.3 is 0 Å². The van der Waals surface area contributed by atoms with Crippen LogP contribution in [0.4, 0.5) is 0 Å². The third-order valence-corrected chi connectivity index (χ3v) is 26.2. The van der Waals surface area contributed by atoms with E-state index in [2.05, 4.69) is 162 Å². The van der Waals surface area contributed by atoms with Gasteiger partial charge in [-0.1, -0.05) is 182 Å². The van der Waals surface area contributed by atoms with Crippen LogP contribution >= 0.6 is 0 Å². The fraction of sp³-hybridized carbons (Fsp3) is 0.200. The summed E-state index contributed by atoms with van der Waals surface area (Å²) in [4.78, 5) is 0. The van der Waals surface area contributed by atoms with Gasteiger partial charge in [-0.05, 0) is 53.4 Å². The molecule has 6 aromatic rings. The van der Waals surface area contributed by atoms with Gasteiger partial charge in [-0.2, -0.15) is 0 Å². The fourth-order valence-corrected chi connectivity index (χ4v) is 24.8. The highest BCUT2D eigenvalue weighted by molar-refractivity contribution is 7.13. The second-order valence-electron chi connectivity index (χ2n) is 15.4. The SMILES string of the molecule is C[Si]1(C)c2ccc(-c3ccc4c(c3)[Si](C)(C)c3cccc5cccc(c35)[Si]4(C)C)cc2[Si](C)(C)c2cccc3cccc1c23. The van der Waals surface area contributed by atoms with Crippen molar-refractivity contribution in [2.45, 2.75) is 52.4 Å². The number of fused-ring (bicyclic) bond motifs is 2. The molecule has 0 spiro atoms. The summed E-state index contributed by atoms with van der Waals surface area (Å²) in [7, 11) is -7.78. The van der Waals surface area contributed by atoms with E-state index in [4.69, 9.17) is 0 Å². The van der Waals surface area contributed by atoms with Gasteiger partial charge in [-0.25, -0.2) is 0 Å². The Morgan fingerprint density at radius 3 is 0.909 bits per heavy atom. The van der Waals surface area contributed by atoms with Crippen LogP contribution in [0, 0.1) is 0 Å². The van der Waals surface area contributed by atoms with E-state index in [-0.39, 0.29) is 0 Å². The predicted molar refractivity (Wildman–Crippen MR) is 207 cm³/mol. The molecule has 8 rings (SSSR count). The van der Waals surface area contributed by atoms with Crippen LogP contribution in [0.25, 0.3) is 32.7 Å². The monoisotopic (exact) mass is 634 g/mol. The van der Waals surface area contributed by atoms with Crippen molar-refractivity contribution in [3.05, 3.63) is 109 Å². The van der Waals surface area contributed by atoms with E-state index >= 15 is 0 Å². The van der Waals surface area contributed by atoms with Gasteiger partial charge in [0.2, 0.25) is 0 Å². The molecular weight excluding hydrogens is 593 g/mol. The van der Waals surface area contributed by atoms with E-state index in [0.29, 0.717) is 0 Å². The third-order valence-electron chi connectivity index (χ3n) is 11.6. The van der Waals surface area contributed by atoms with Gasteiger partial charge < -0.3 is 0 Å². The van der Waals surface area contributed by atoms with Crippen LogP contribution in [0.15, 0.2) is 109 Å². The number of rotatable bonds is 1. The normalized spacial score (nSPS) is 18.3. The summed E-state index contributed by atoms with van der Waals surface area (Å²) in [5.74, 6) is 0. The first-order chi connectivity index (χ1) is 20.8. The molecule has 2 heterocycles. The first kappa shape index (κ1) is 28.2. The highest BCUT2D eigenvalue weighted by Crippen LogP contribution is 2.27. The van der Waals surface area contributed by atoms with Gasteiger partial charge in [0.15, 0.2) is 0 Å². The Bertz CT molecular complexity index is 2020. The van der Waals surface area contributed by atoms with Gasteiger partial charge in [0.1, 0.15) is 32.3 Å². The first-order valence-corrected chi connectivity index (χ1v) is 28.2. The molecule has 6 aromatic carbocycles. The molecule has 0 unspecified atom stereocenters. The number of benzene rings is 6. The van der Waals surface area contributed by atoms with Crippen LogP contribution in [0.2, 0.25) is 52.4 Å². The van der Waals surface area contributed by atoms with E-state index in [9.17, 15) is 0 Å². The molecule has 0 aliphatic carbocycles. The molecule has 0 radical (unpaired) electrons. The molecule has 0 saturated heterocycles. The van der Waals surface area contributed by atoms with Crippen molar-refractivity contribution in [2.24, 2.45) is 0 Å². The van der Waals surface area contributed by atoms with Crippen molar-refractivity contribution in [3.8, 4) is 11.1 Å². The lowest BCUT2D eigenvalue weighted by Crippen LogP contribution is -2.64. The minimum Gasteiger partial charge on any atom is -0.0621 e. The van der Waals surface area contributed by atoms with Crippen molar-refractivity contribution in [1.29, 1.82) is 0 Å². The average Bonchev–Trinajstić information content (AvgIpc) is 3.11. The maximum Gasteiger partial charge on any atom is 0.112 e. The molecule has 0 amide bonds. The fourth-order valence-electron chi connectivity index (χ4n) is 8.92. The molecule has 0 bridgehead atoms. The summed E-state index contributed by atoms with van der Waals surface area (Å²) < 4.78 is 0. The van der Waals surface area contributed by atoms with Gasteiger partial charge in [-0.3, -0.25) is 0 Å². The molecule has 0 saturated carbocycles. The molecule has 4 heteroatoms. The summed E-state index contributed by atoms with van der Waals surface area (Å²) in [6.45, 7) is 20.7. The zero-order valence-electron chi connectivity index (χ0n) is 27.4. The molecule has 0 atom stereocenters. The van der Waals surface area contributed by atoms with E-state index < -0.39 is 32.3 Å². The molecule has 0 fully saturated rings. The van der Waals surface area contributed by atoms with Crippen molar-refractivity contribution >= 4 is 95.3 Å². The van der Waals surface area contributed by atoms with Gasteiger partial charge in [-0.15, -0.1) is 0 Å². The molecule has 2 aliphatic rings. The molecule has 44 heavy (non-hydrogen) atoms. The Morgan fingerprint density at radius 1 is 0.295 bits per heavy atom. The van der Waals surface area contributed by atoms with Crippen molar-refractivity contribution in [3.63, 3.8) is 0 Å². The Balaban J connectivity index is 1.36. The quantitative estimate of drug-likeness (QED) is 0.207. The van der Waals surface area contributed by atoms with Gasteiger partial charge in [0.05, 0.1) is 0 Å². The largest absolute Gasteiger partial charge is 0.112 e. The highest BCUT2D eigenvalue weighted by atomic mass is 28.3. The van der Waals surface area contributed by atoms with E-state index in [1.54, 1.807) is 52.3 Å². The maximum atomic E-state index is 2.63. The Morgan fingerprint density at radius 2 is 0.591 bits per heavy atom. The minimum atomic E-state index is -1.98. The van der Waals surface area contributed by atoms with Crippen LogP contribution in [0.1, 0.15) is 0 Å². The summed E-state index contributed by atoms with van der Waals surface area (Å²) in [5, 5.41) is 18.9. The van der Waals surface area contributed by atoms with Crippen LogP contribution in [-0.2, 0) is 0 Å². The minimum absolute atomic E-state index is 1.39. The highest BCUT2D eigenvalue weighted by Gasteiger charge is 2.43. The van der Waals surface area contributed by atoms with E-state index in [1.807, 2.05) is 0 Å². The lowest BCUT2D eigenvalue weighted by Gasteiger charge is -2.31. The van der Waals surface area contributed by atoms with Crippen molar-refractivity contribution in [2.75, 3.05) is 0 Å². The zero-order valence-corrected chi connectivity index (χ0v) is 31.4. The second-order valence-corrected chi connectivity index (χ2v) is 32.7. The molecule has 0 N–H and O–H groups in total. The lowest BCUT2D eigenvalue weighted by atomic mass is 10.1. The van der Waals surface area contributed by atoms with Crippen LogP contribution in [0.3, 0.4) is 0 Å². The Hall–Kier alpha value is -3.29. The number of hydrogen-bond acceptors (Lipinski definition) is 0. The smallest absolute Gasteiger partial charge is 0.0621 e. The Labute approximate surface area is 266 Å². The first-order valence-electron chi connectivity index (χ1n) is 16.2. The molecule has 218 valence electrons. The Kier molecular flexibility index (Phi) is 5.85. The molecule has 2 aliphatic heterocycles. The van der Waals surface area contributed by atoms with Crippen LogP contribution < -0.4 is 41.5 Å². The standard InChI is InChI=1S/C40H42Si4/c1-41(2)31-23-21-29(25-37(31)43(5,6)35-19-11-15-27-13-9-17-33(41)39(27)35)30-22-24-32-38(26-30)44(7,8)36-20-12-16-28-14-10-18-34(40(28)36)42(32,3)4/h9-26H,1-8H3. The van der Waals surface area contributed by atoms with E-state index in [1.165, 1.54) is 21.9 Å². The zero-order chi connectivity index (χ0) is 30.8. The van der Waals surface area contributed by atoms with Gasteiger partial charge in [0.25, 0.3) is 0 Å². The predicted octanol–water partition coefficient (Wildman–Crippen LogP) is 5.58. The van der Waals surface area contributed by atoms with Crippen molar-refractivity contribution < 1.29 is 0 Å². The summed E-state index contributed by atoms with van der Waals surface area (Å²) in [6.07, 6.45) is 0. The van der Waals surface area contributed by atoms with E-state index in [0.717, 1.165) is 0 Å². The van der Waals surface area contributed by atoms with Crippen LogP contribution in [-0.4, -0.2) is 32.3 Å². The maximum absolute atomic E-state index is 2.63. The van der Waals surface area contributed by atoms with Crippen LogP contribution in [0.5, 0.6) is 0 Å². The topological polar surface area (TPSA) is 0 Å². The average molecular weight is 635 g/mol. The number of hydrogen-bond donors (Lipinski definition) is 0. The molecule has 0 aromatic heterocycles. The second kappa shape index (κ2) is 9.13. The third kappa shape index (κ3) is 3.66. The summed E-state index contributed by atoms with van der Waals surface area (Å²) in [6, 6.07) is 43.5.